The van der Waals surface area contributed by atoms with E-state index in [4.69, 9.17) is 14.2 Å². The number of para-hydroxylation sites is 1. The molecule has 0 unspecified atom stereocenters. The minimum absolute atomic E-state index is 0.420. The maximum absolute atomic E-state index is 12.4. The lowest BCUT2D eigenvalue weighted by Crippen LogP contribution is -2.54. The lowest BCUT2D eigenvalue weighted by molar-refractivity contribution is -0.161. The number of hydrogen-bond acceptors (Lipinski definition) is 6. The summed E-state index contributed by atoms with van der Waals surface area (Å²) in [4.78, 5) is 24.0. The van der Waals surface area contributed by atoms with Crippen molar-refractivity contribution in [2.75, 3.05) is 6.54 Å². The predicted molar refractivity (Wildman–Crippen MR) is 79.4 cm³/mol. The molecule has 2 rings (SSSR count). The third-order valence-electron chi connectivity index (χ3n) is 3.05. The Morgan fingerprint density at radius 2 is 1.86 bits per heavy atom. The molecule has 1 aliphatic rings. The van der Waals surface area contributed by atoms with Gasteiger partial charge in [-0.05, 0) is 45.9 Å². The van der Waals surface area contributed by atoms with E-state index >= 15 is 0 Å². The van der Waals surface area contributed by atoms with Gasteiger partial charge >= 0.3 is 12.1 Å². The molecule has 1 fully saturated rings. The van der Waals surface area contributed by atoms with Crippen LogP contribution < -0.4 is 10.1 Å². The minimum atomic E-state index is -1.35. The van der Waals surface area contributed by atoms with Crippen LogP contribution in [0.1, 0.15) is 33.6 Å². The van der Waals surface area contributed by atoms with Crippen molar-refractivity contribution >= 4 is 12.1 Å². The highest BCUT2D eigenvalue weighted by Crippen LogP contribution is 2.26. The van der Waals surface area contributed by atoms with Gasteiger partial charge in [-0.15, -0.1) is 0 Å². The number of benzene rings is 1. The molecule has 0 spiro atoms. The molecule has 6 heteroatoms. The summed E-state index contributed by atoms with van der Waals surface area (Å²) in [7, 11) is 0. The van der Waals surface area contributed by atoms with Crippen LogP contribution in [0.15, 0.2) is 30.3 Å². The van der Waals surface area contributed by atoms with Crippen molar-refractivity contribution in [1.29, 1.82) is 0 Å². The summed E-state index contributed by atoms with van der Waals surface area (Å²) in [6, 6.07) is 8.93. The summed E-state index contributed by atoms with van der Waals surface area (Å²) in [5.74, 6) is -0.263. The molecule has 0 bridgehead atoms. The van der Waals surface area contributed by atoms with Crippen LogP contribution in [-0.2, 0) is 14.3 Å². The Bertz CT molecular complexity index is 529. The van der Waals surface area contributed by atoms with Gasteiger partial charge in [0.1, 0.15) is 11.4 Å². The summed E-state index contributed by atoms with van der Waals surface area (Å²) in [6.07, 6.45) is 0.141. The second-order valence-corrected chi connectivity index (χ2v) is 6.13. The van der Waals surface area contributed by atoms with Crippen LogP contribution in [0.5, 0.6) is 5.75 Å². The third-order valence-corrected chi connectivity index (χ3v) is 3.05. The highest BCUT2D eigenvalue weighted by atomic mass is 16.8. The number of hydrogen-bond donors (Lipinski definition) is 1. The van der Waals surface area contributed by atoms with Crippen molar-refractivity contribution in [2.24, 2.45) is 0 Å². The van der Waals surface area contributed by atoms with E-state index in [-0.39, 0.29) is 0 Å². The van der Waals surface area contributed by atoms with Gasteiger partial charge in [0, 0.05) is 6.42 Å². The normalized spacial score (nSPS) is 21.2. The molecule has 0 aliphatic carbocycles. The van der Waals surface area contributed by atoms with E-state index in [1.165, 1.54) is 0 Å². The Hall–Kier alpha value is -2.08. The molecule has 22 heavy (non-hydrogen) atoms. The molecule has 1 heterocycles. The zero-order chi connectivity index (χ0) is 16.2. The summed E-state index contributed by atoms with van der Waals surface area (Å²) < 4.78 is 15.6. The quantitative estimate of drug-likeness (QED) is 0.683. The van der Waals surface area contributed by atoms with Gasteiger partial charge < -0.3 is 14.2 Å². The van der Waals surface area contributed by atoms with Crippen LogP contribution >= 0.6 is 0 Å². The van der Waals surface area contributed by atoms with Crippen LogP contribution in [0.3, 0.4) is 0 Å². The van der Waals surface area contributed by atoms with Gasteiger partial charge in [0.05, 0.1) is 0 Å². The zero-order valence-electron chi connectivity index (χ0n) is 13.0. The van der Waals surface area contributed by atoms with Crippen LogP contribution in [0.2, 0.25) is 0 Å². The molecule has 1 aromatic carbocycles. The lowest BCUT2D eigenvalue weighted by atomic mass is 10.1. The van der Waals surface area contributed by atoms with Crippen LogP contribution in [0.4, 0.5) is 4.79 Å². The van der Waals surface area contributed by atoms with Crippen LogP contribution in [0.25, 0.3) is 0 Å². The fourth-order valence-corrected chi connectivity index (χ4v) is 2.14. The summed E-state index contributed by atoms with van der Waals surface area (Å²) in [6.45, 7) is 5.70. The van der Waals surface area contributed by atoms with Gasteiger partial charge in [0.25, 0.3) is 5.72 Å². The monoisotopic (exact) mass is 307 g/mol. The van der Waals surface area contributed by atoms with E-state index in [2.05, 4.69) is 5.32 Å². The van der Waals surface area contributed by atoms with Gasteiger partial charge in [-0.2, -0.15) is 0 Å². The van der Waals surface area contributed by atoms with Crippen molar-refractivity contribution in [3.8, 4) is 5.75 Å². The Labute approximate surface area is 129 Å². The molecule has 1 aliphatic heterocycles. The molecule has 0 radical (unpaired) electrons. The number of carbonyl (C=O) groups is 2. The minimum Gasteiger partial charge on any atom is -0.461 e. The Balaban J connectivity index is 2.07. The molecule has 0 saturated carbocycles. The van der Waals surface area contributed by atoms with Gasteiger partial charge in [0.15, 0.2) is 0 Å². The first-order valence-electron chi connectivity index (χ1n) is 7.25. The first kappa shape index (κ1) is 16.3. The highest BCUT2D eigenvalue weighted by Gasteiger charge is 2.46. The third kappa shape index (κ3) is 4.21. The maximum Gasteiger partial charge on any atom is 0.516 e. The van der Waals surface area contributed by atoms with E-state index in [1.807, 2.05) is 6.07 Å². The van der Waals surface area contributed by atoms with E-state index in [9.17, 15) is 9.59 Å². The summed E-state index contributed by atoms with van der Waals surface area (Å²) >= 11 is 0. The van der Waals surface area contributed by atoms with Crippen LogP contribution in [-0.4, -0.2) is 30.0 Å². The molecule has 1 N–H and O–H groups in total. The molecular weight excluding hydrogens is 286 g/mol. The molecule has 1 atom stereocenters. The molecule has 6 nitrogen and oxygen atoms in total. The number of rotatable bonds is 3. The Morgan fingerprint density at radius 1 is 1.18 bits per heavy atom. The second kappa shape index (κ2) is 6.36. The summed E-state index contributed by atoms with van der Waals surface area (Å²) in [5.41, 5.74) is -2.08. The van der Waals surface area contributed by atoms with Crippen molar-refractivity contribution in [2.45, 2.75) is 44.9 Å². The smallest absolute Gasteiger partial charge is 0.461 e. The standard InChI is InChI=1S/C16H21NO5/c1-15(2,3)22-14(19)20-13(18)16(10-7-11-17-16)21-12-8-5-4-6-9-12/h4-6,8-9,17H,7,10-11H2,1-3H3/t16-/m1/s1. The van der Waals surface area contributed by atoms with E-state index in [0.29, 0.717) is 18.7 Å². The molecule has 1 saturated heterocycles. The highest BCUT2D eigenvalue weighted by molar-refractivity contribution is 5.88. The fraction of sp³-hybridized carbons (Fsp3) is 0.500. The van der Waals surface area contributed by atoms with E-state index in [0.717, 1.165) is 6.42 Å². The van der Waals surface area contributed by atoms with Crippen molar-refractivity contribution in [1.82, 2.24) is 5.32 Å². The topological polar surface area (TPSA) is 73.9 Å². The SMILES string of the molecule is CC(C)(C)OC(=O)OC(=O)[C@]1(Oc2ccccc2)CCCN1. The average molecular weight is 307 g/mol. The number of esters is 1. The van der Waals surface area contributed by atoms with Crippen molar-refractivity contribution in [3.05, 3.63) is 30.3 Å². The lowest BCUT2D eigenvalue weighted by Gasteiger charge is -2.28. The molecule has 0 aromatic heterocycles. The number of nitrogens with one attached hydrogen (secondary N) is 1. The molecule has 1 aromatic rings. The number of ether oxygens (including phenoxy) is 3. The second-order valence-electron chi connectivity index (χ2n) is 6.13. The first-order chi connectivity index (χ1) is 10.3. The molecule has 120 valence electrons. The van der Waals surface area contributed by atoms with Gasteiger partial charge in [-0.3, -0.25) is 5.32 Å². The predicted octanol–water partition coefficient (Wildman–Crippen LogP) is 2.62. The van der Waals surface area contributed by atoms with Crippen molar-refractivity contribution < 1.29 is 23.8 Å². The largest absolute Gasteiger partial charge is 0.516 e. The Morgan fingerprint density at radius 3 is 2.41 bits per heavy atom. The zero-order valence-corrected chi connectivity index (χ0v) is 13.0. The average Bonchev–Trinajstić information content (AvgIpc) is 2.87. The molecular formula is C16H21NO5. The van der Waals surface area contributed by atoms with Gasteiger partial charge in [-0.25, -0.2) is 9.59 Å². The van der Waals surface area contributed by atoms with Crippen molar-refractivity contribution in [3.63, 3.8) is 0 Å². The fourth-order valence-electron chi connectivity index (χ4n) is 2.14. The van der Waals surface area contributed by atoms with Crippen LogP contribution in [0, 0.1) is 0 Å². The van der Waals surface area contributed by atoms with Gasteiger partial charge in [-0.1, -0.05) is 18.2 Å². The number of carbonyl (C=O) groups excluding carboxylic acids is 2. The first-order valence-corrected chi connectivity index (χ1v) is 7.25. The van der Waals surface area contributed by atoms with E-state index < -0.39 is 23.5 Å². The summed E-state index contributed by atoms with van der Waals surface area (Å²) in [5, 5.41) is 2.98. The molecule has 0 amide bonds. The van der Waals surface area contributed by atoms with Gasteiger partial charge in [0.2, 0.25) is 0 Å². The Kier molecular flexibility index (Phi) is 4.71. The van der Waals surface area contributed by atoms with E-state index in [1.54, 1.807) is 45.0 Å². The maximum atomic E-state index is 12.4.